The summed E-state index contributed by atoms with van der Waals surface area (Å²) in [5, 5.41) is 20.8. The zero-order valence-corrected chi connectivity index (χ0v) is 21.2. The minimum absolute atomic E-state index is 0.384. The van der Waals surface area contributed by atoms with Crippen molar-refractivity contribution < 1.29 is 24.0 Å². The molecule has 1 amide bonds. The fraction of sp³-hybridized carbons (Fsp3) is 0.167. The maximum Gasteiger partial charge on any atom is 0.412 e. The number of nitrogens with one attached hydrogen (secondary N) is 1. The van der Waals surface area contributed by atoms with Gasteiger partial charge in [0.1, 0.15) is 11.8 Å². The topological polar surface area (TPSA) is 102 Å². The number of halogens is 1. The summed E-state index contributed by atoms with van der Waals surface area (Å²) in [4.78, 5) is 24.4. The molecule has 7 nitrogen and oxygen atoms in total. The Kier molecular flexibility index (Phi) is 5.80. The first kappa shape index (κ1) is 24.0. The third kappa shape index (κ3) is 4.15. The van der Waals surface area contributed by atoms with Crippen molar-refractivity contribution in [3.8, 4) is 11.3 Å². The number of rotatable bonds is 6. The second-order valence-corrected chi connectivity index (χ2v) is 9.99. The van der Waals surface area contributed by atoms with Crippen LogP contribution in [0.4, 0.5) is 10.5 Å². The highest BCUT2D eigenvalue weighted by atomic mass is 35.5. The first-order valence-corrected chi connectivity index (χ1v) is 12.6. The summed E-state index contributed by atoms with van der Waals surface area (Å²) in [6.07, 6.45) is 1.57. The molecular formula is C30H23ClN2O5. The van der Waals surface area contributed by atoms with Gasteiger partial charge in [0.15, 0.2) is 5.76 Å². The first-order valence-electron chi connectivity index (χ1n) is 12.2. The van der Waals surface area contributed by atoms with E-state index < -0.39 is 23.6 Å². The summed E-state index contributed by atoms with van der Waals surface area (Å²) in [6.45, 7) is 1.75. The maximum atomic E-state index is 12.6. The minimum atomic E-state index is -0.763. The number of hydrogen-bond acceptors (Lipinski definition) is 5. The summed E-state index contributed by atoms with van der Waals surface area (Å²) in [7, 11) is 0. The molecule has 1 unspecified atom stereocenters. The number of carbonyl (C=O) groups excluding carboxylic acids is 1. The predicted molar refractivity (Wildman–Crippen MR) is 145 cm³/mol. The number of nitrogens with zero attached hydrogens (tertiary/aromatic N) is 1. The van der Waals surface area contributed by atoms with Crippen molar-refractivity contribution in [2.75, 3.05) is 5.32 Å². The molecule has 0 aliphatic heterocycles. The van der Waals surface area contributed by atoms with E-state index in [1.165, 1.54) is 6.20 Å². The summed E-state index contributed by atoms with van der Waals surface area (Å²) in [5.74, 6) is -0.359. The number of benzene rings is 4. The van der Waals surface area contributed by atoms with Gasteiger partial charge in [0.25, 0.3) is 0 Å². The molecule has 1 aliphatic carbocycles. The van der Waals surface area contributed by atoms with Crippen molar-refractivity contribution >= 4 is 50.9 Å². The lowest BCUT2D eigenvalue weighted by atomic mass is 9.92. The highest BCUT2D eigenvalue weighted by Crippen LogP contribution is 2.49. The quantitative estimate of drug-likeness (QED) is 0.219. The Morgan fingerprint density at radius 1 is 1.03 bits per heavy atom. The molecule has 2 N–H and O–H groups in total. The molecular weight excluding hydrogens is 504 g/mol. The Balaban J connectivity index is 1.25. The third-order valence-electron chi connectivity index (χ3n) is 7.24. The summed E-state index contributed by atoms with van der Waals surface area (Å²) in [6, 6.07) is 22.9. The average molecular weight is 527 g/mol. The molecule has 5 aromatic rings. The van der Waals surface area contributed by atoms with E-state index in [2.05, 4.69) is 10.5 Å². The zero-order valence-electron chi connectivity index (χ0n) is 20.4. The largest absolute Gasteiger partial charge is 0.481 e. The molecule has 1 atom stereocenters. The van der Waals surface area contributed by atoms with Gasteiger partial charge in [-0.1, -0.05) is 71.4 Å². The number of hydrogen-bond donors (Lipinski definition) is 2. The Labute approximate surface area is 223 Å². The Bertz CT molecular complexity index is 1720. The van der Waals surface area contributed by atoms with E-state index in [9.17, 15) is 14.7 Å². The molecule has 0 spiro atoms. The van der Waals surface area contributed by atoms with Gasteiger partial charge in [-0.25, -0.2) is 4.79 Å². The van der Waals surface area contributed by atoms with E-state index in [1.807, 2.05) is 60.7 Å². The van der Waals surface area contributed by atoms with E-state index in [0.29, 0.717) is 34.9 Å². The molecule has 0 saturated heterocycles. The van der Waals surface area contributed by atoms with Gasteiger partial charge in [-0.2, -0.15) is 0 Å². The monoisotopic (exact) mass is 526 g/mol. The summed E-state index contributed by atoms with van der Waals surface area (Å²) >= 11 is 6.22. The first-order chi connectivity index (χ1) is 18.4. The minimum Gasteiger partial charge on any atom is -0.481 e. The standard InChI is InChI=1S/C30H23ClN2O5/c1-17(22-4-2-3-5-25(22)31)37-29(36)33-26-16-32-38-27(26)20-8-10-23-18(14-20)6-7-19-15-21(9-11-24(19)23)30(12-13-30)28(34)35/h2-11,14-17H,12-13H2,1H3,(H,33,36)(H,34,35). The Morgan fingerprint density at radius 3 is 2.45 bits per heavy atom. The molecule has 6 rings (SSSR count). The number of aliphatic carboxylic acids is 1. The number of amides is 1. The van der Waals surface area contributed by atoms with Gasteiger partial charge in [-0.3, -0.25) is 10.1 Å². The lowest BCUT2D eigenvalue weighted by molar-refractivity contribution is -0.140. The maximum absolute atomic E-state index is 12.6. The second kappa shape index (κ2) is 9.19. The molecule has 4 aromatic carbocycles. The molecule has 8 heteroatoms. The molecule has 38 heavy (non-hydrogen) atoms. The number of carboxylic acid groups (broad SMARTS) is 1. The van der Waals surface area contributed by atoms with Crippen LogP contribution in [0.1, 0.15) is 37.0 Å². The predicted octanol–water partition coefficient (Wildman–Crippen LogP) is 7.73. The molecule has 0 radical (unpaired) electrons. The van der Waals surface area contributed by atoms with Crippen molar-refractivity contribution in [2.24, 2.45) is 0 Å². The number of aromatic nitrogens is 1. The molecule has 1 aliphatic rings. The highest BCUT2D eigenvalue weighted by molar-refractivity contribution is 6.31. The van der Waals surface area contributed by atoms with Crippen LogP contribution in [0.3, 0.4) is 0 Å². The SMILES string of the molecule is CC(OC(=O)Nc1cnoc1-c1ccc2c(ccc3cc(C4(C(=O)O)CC4)ccc32)c1)c1ccccc1Cl. The molecule has 1 aromatic heterocycles. The summed E-state index contributed by atoms with van der Waals surface area (Å²) in [5.41, 5.74) is 1.94. The van der Waals surface area contributed by atoms with Crippen LogP contribution in [-0.4, -0.2) is 22.3 Å². The van der Waals surface area contributed by atoms with Crippen LogP contribution in [-0.2, 0) is 14.9 Å². The van der Waals surface area contributed by atoms with Crippen molar-refractivity contribution in [3.05, 3.63) is 95.1 Å². The lowest BCUT2D eigenvalue weighted by Crippen LogP contribution is -2.19. The van der Waals surface area contributed by atoms with Crippen molar-refractivity contribution in [2.45, 2.75) is 31.3 Å². The lowest BCUT2D eigenvalue weighted by Gasteiger charge is -2.15. The molecule has 190 valence electrons. The van der Waals surface area contributed by atoms with E-state index in [1.54, 1.807) is 19.1 Å². The van der Waals surface area contributed by atoms with Crippen LogP contribution in [0.5, 0.6) is 0 Å². The van der Waals surface area contributed by atoms with Crippen LogP contribution in [0.25, 0.3) is 32.9 Å². The van der Waals surface area contributed by atoms with Gasteiger partial charge >= 0.3 is 12.1 Å². The van der Waals surface area contributed by atoms with Crippen LogP contribution in [0.15, 0.2) is 83.5 Å². The number of carboxylic acids is 1. The molecule has 1 heterocycles. The van der Waals surface area contributed by atoms with Gasteiger partial charge in [-0.15, -0.1) is 0 Å². The normalized spacial score (nSPS) is 14.8. The van der Waals surface area contributed by atoms with Crippen LogP contribution in [0, 0.1) is 0 Å². The number of anilines is 1. The van der Waals surface area contributed by atoms with Gasteiger partial charge in [0.05, 0.1) is 11.6 Å². The fourth-order valence-corrected chi connectivity index (χ4v) is 5.26. The van der Waals surface area contributed by atoms with E-state index in [0.717, 1.165) is 32.7 Å². The van der Waals surface area contributed by atoms with Gasteiger partial charge < -0.3 is 14.4 Å². The number of ether oxygens (including phenoxy) is 1. The van der Waals surface area contributed by atoms with Gasteiger partial charge in [-0.05, 0) is 65.1 Å². The van der Waals surface area contributed by atoms with E-state index in [4.69, 9.17) is 20.9 Å². The van der Waals surface area contributed by atoms with Crippen LogP contribution < -0.4 is 5.32 Å². The van der Waals surface area contributed by atoms with Crippen molar-refractivity contribution in [1.29, 1.82) is 0 Å². The van der Waals surface area contributed by atoms with Gasteiger partial charge in [0.2, 0.25) is 0 Å². The third-order valence-corrected chi connectivity index (χ3v) is 7.59. The highest BCUT2D eigenvalue weighted by Gasteiger charge is 2.51. The zero-order chi connectivity index (χ0) is 26.4. The van der Waals surface area contributed by atoms with E-state index >= 15 is 0 Å². The van der Waals surface area contributed by atoms with E-state index in [-0.39, 0.29) is 0 Å². The number of carbonyl (C=O) groups is 2. The molecule has 1 fully saturated rings. The average Bonchev–Trinajstić information content (AvgIpc) is 3.61. The van der Waals surface area contributed by atoms with Crippen molar-refractivity contribution in [1.82, 2.24) is 5.16 Å². The Hall–Kier alpha value is -4.36. The molecule has 1 saturated carbocycles. The van der Waals surface area contributed by atoms with Crippen molar-refractivity contribution in [3.63, 3.8) is 0 Å². The number of fused-ring (bicyclic) bond motifs is 3. The molecule has 0 bridgehead atoms. The fourth-order valence-electron chi connectivity index (χ4n) is 4.97. The van der Waals surface area contributed by atoms with Crippen LogP contribution in [0.2, 0.25) is 5.02 Å². The van der Waals surface area contributed by atoms with Gasteiger partial charge in [0, 0.05) is 16.1 Å². The second-order valence-electron chi connectivity index (χ2n) is 9.59. The smallest absolute Gasteiger partial charge is 0.412 e. The van der Waals surface area contributed by atoms with Crippen LogP contribution >= 0.6 is 11.6 Å². The summed E-state index contributed by atoms with van der Waals surface area (Å²) < 4.78 is 11.0. The Morgan fingerprint density at radius 2 is 1.74 bits per heavy atom.